The van der Waals surface area contributed by atoms with Gasteiger partial charge in [-0.3, -0.25) is 4.90 Å². The van der Waals surface area contributed by atoms with Gasteiger partial charge in [0, 0.05) is 19.1 Å². The third kappa shape index (κ3) is 2.82. The lowest BCUT2D eigenvalue weighted by atomic mass is 9.91. The summed E-state index contributed by atoms with van der Waals surface area (Å²) in [4.78, 5) is 2.46. The fourth-order valence-corrected chi connectivity index (χ4v) is 3.57. The second kappa shape index (κ2) is 6.12. The lowest BCUT2D eigenvalue weighted by Gasteiger charge is -2.38. The van der Waals surface area contributed by atoms with E-state index < -0.39 is 6.10 Å². The predicted molar refractivity (Wildman–Crippen MR) is 78.9 cm³/mol. The van der Waals surface area contributed by atoms with Gasteiger partial charge in [-0.2, -0.15) is 0 Å². The van der Waals surface area contributed by atoms with E-state index in [9.17, 15) is 5.11 Å². The highest BCUT2D eigenvalue weighted by atomic mass is 16.5. The van der Waals surface area contributed by atoms with Gasteiger partial charge in [-0.15, -0.1) is 0 Å². The smallest absolute Gasteiger partial charge is 0.119 e. The molecule has 3 rings (SSSR count). The van der Waals surface area contributed by atoms with Gasteiger partial charge in [0.25, 0.3) is 0 Å². The van der Waals surface area contributed by atoms with Crippen LogP contribution in [0.25, 0.3) is 0 Å². The molecule has 0 radical (unpaired) electrons. The third-order valence-corrected chi connectivity index (χ3v) is 4.68. The van der Waals surface area contributed by atoms with Crippen molar-refractivity contribution in [1.82, 2.24) is 10.2 Å². The van der Waals surface area contributed by atoms with Crippen LogP contribution in [0.4, 0.5) is 0 Å². The van der Waals surface area contributed by atoms with Crippen molar-refractivity contribution in [3.63, 3.8) is 0 Å². The van der Waals surface area contributed by atoms with E-state index in [0.717, 1.165) is 43.4 Å². The number of β-amino-alcohol motifs (C(OH)–C–C–N with tert-alkyl or cyclic N) is 1. The maximum Gasteiger partial charge on any atom is 0.119 e. The van der Waals surface area contributed by atoms with Gasteiger partial charge in [0.05, 0.1) is 13.2 Å². The number of benzene rings is 1. The Balaban J connectivity index is 1.66. The topological polar surface area (TPSA) is 44.7 Å². The average Bonchev–Trinajstić information content (AvgIpc) is 2.97. The molecular formula is C16H24N2O2. The Bertz CT molecular complexity index is 452. The van der Waals surface area contributed by atoms with E-state index in [0.29, 0.717) is 6.04 Å². The van der Waals surface area contributed by atoms with Crippen LogP contribution in [-0.2, 0) is 0 Å². The number of likely N-dealkylation sites (tertiary alicyclic amines) is 1. The molecule has 3 unspecified atom stereocenters. The molecule has 1 aromatic rings. The summed E-state index contributed by atoms with van der Waals surface area (Å²) in [5.41, 5.74) is 0.942. The van der Waals surface area contributed by atoms with Crippen molar-refractivity contribution in [2.45, 2.75) is 25.0 Å². The molecule has 20 heavy (non-hydrogen) atoms. The van der Waals surface area contributed by atoms with Gasteiger partial charge in [-0.05, 0) is 49.5 Å². The minimum atomic E-state index is -0.440. The zero-order valence-electron chi connectivity index (χ0n) is 12.1. The molecule has 110 valence electrons. The van der Waals surface area contributed by atoms with E-state index in [1.54, 1.807) is 7.11 Å². The molecule has 4 nitrogen and oxygen atoms in total. The highest BCUT2D eigenvalue weighted by molar-refractivity contribution is 5.30. The van der Waals surface area contributed by atoms with E-state index in [4.69, 9.17) is 4.74 Å². The standard InChI is InChI=1S/C16H24N2O2/c1-20-14-6-2-4-12(8-14)16(19)11-18-7-3-5-13-9-17-10-15(13)18/h2,4,6,8,13,15-17,19H,3,5,7,9-11H2,1H3. The zero-order chi connectivity index (χ0) is 13.9. The van der Waals surface area contributed by atoms with E-state index in [2.05, 4.69) is 10.2 Å². The van der Waals surface area contributed by atoms with Crippen LogP contribution in [0.3, 0.4) is 0 Å². The van der Waals surface area contributed by atoms with Crippen LogP contribution in [0.15, 0.2) is 24.3 Å². The molecule has 0 saturated carbocycles. The minimum Gasteiger partial charge on any atom is -0.497 e. The highest BCUT2D eigenvalue weighted by Crippen LogP contribution is 2.28. The maximum absolute atomic E-state index is 10.5. The van der Waals surface area contributed by atoms with E-state index in [-0.39, 0.29) is 0 Å². The molecule has 3 atom stereocenters. The van der Waals surface area contributed by atoms with Gasteiger partial charge in [0.2, 0.25) is 0 Å². The molecule has 2 aliphatic rings. The van der Waals surface area contributed by atoms with Crippen molar-refractivity contribution in [3.05, 3.63) is 29.8 Å². The number of ether oxygens (including phenoxy) is 1. The van der Waals surface area contributed by atoms with Crippen molar-refractivity contribution in [2.75, 3.05) is 33.3 Å². The quantitative estimate of drug-likeness (QED) is 0.873. The SMILES string of the molecule is COc1cccc(C(O)CN2CCCC3CNCC32)c1. The Morgan fingerprint density at radius 1 is 1.45 bits per heavy atom. The molecule has 0 aliphatic carbocycles. The summed E-state index contributed by atoms with van der Waals surface area (Å²) in [7, 11) is 1.66. The van der Waals surface area contributed by atoms with E-state index in [1.165, 1.54) is 12.8 Å². The molecular weight excluding hydrogens is 252 g/mol. The minimum absolute atomic E-state index is 0.440. The van der Waals surface area contributed by atoms with Crippen LogP contribution in [0.5, 0.6) is 5.75 Å². The zero-order valence-corrected chi connectivity index (χ0v) is 12.1. The molecule has 2 heterocycles. The monoisotopic (exact) mass is 276 g/mol. The van der Waals surface area contributed by atoms with Crippen molar-refractivity contribution in [1.29, 1.82) is 0 Å². The Kier molecular flexibility index (Phi) is 4.24. The lowest BCUT2D eigenvalue weighted by Crippen LogP contribution is -2.46. The molecule has 2 N–H and O–H groups in total. The molecule has 1 aromatic carbocycles. The number of methoxy groups -OCH3 is 1. The molecule has 2 aliphatic heterocycles. The van der Waals surface area contributed by atoms with Crippen LogP contribution >= 0.6 is 0 Å². The largest absolute Gasteiger partial charge is 0.497 e. The van der Waals surface area contributed by atoms with Crippen LogP contribution in [-0.4, -0.2) is 49.3 Å². The normalized spacial score (nSPS) is 28.1. The number of aliphatic hydroxyl groups excluding tert-OH is 1. The number of rotatable bonds is 4. The van der Waals surface area contributed by atoms with Crippen molar-refractivity contribution < 1.29 is 9.84 Å². The summed E-state index contributed by atoms with van der Waals surface area (Å²) in [6, 6.07) is 8.35. The third-order valence-electron chi connectivity index (χ3n) is 4.68. The number of nitrogens with zero attached hydrogens (tertiary/aromatic N) is 1. The van der Waals surface area contributed by atoms with Crippen molar-refractivity contribution in [2.24, 2.45) is 5.92 Å². The molecule has 2 fully saturated rings. The fourth-order valence-electron chi connectivity index (χ4n) is 3.57. The van der Waals surface area contributed by atoms with E-state index in [1.807, 2.05) is 24.3 Å². The first-order valence-electron chi connectivity index (χ1n) is 7.54. The summed E-state index contributed by atoms with van der Waals surface area (Å²) in [5.74, 6) is 1.57. The number of hydrogen-bond donors (Lipinski definition) is 2. The average molecular weight is 276 g/mol. The van der Waals surface area contributed by atoms with Gasteiger partial charge in [0.15, 0.2) is 0 Å². The van der Waals surface area contributed by atoms with Crippen LogP contribution in [0.2, 0.25) is 0 Å². The first kappa shape index (κ1) is 13.9. The fraction of sp³-hybridized carbons (Fsp3) is 0.625. The Labute approximate surface area is 120 Å². The summed E-state index contributed by atoms with van der Waals surface area (Å²) < 4.78 is 5.23. The van der Waals surface area contributed by atoms with Gasteiger partial charge >= 0.3 is 0 Å². The number of nitrogens with one attached hydrogen (secondary N) is 1. The summed E-state index contributed by atoms with van der Waals surface area (Å²) in [6.07, 6.45) is 2.13. The Hall–Kier alpha value is -1.10. The summed E-state index contributed by atoms with van der Waals surface area (Å²) in [6.45, 7) is 4.02. The van der Waals surface area contributed by atoms with Crippen LogP contribution < -0.4 is 10.1 Å². The number of fused-ring (bicyclic) bond motifs is 1. The summed E-state index contributed by atoms with van der Waals surface area (Å²) in [5, 5.41) is 14.0. The molecule has 0 aromatic heterocycles. The second-order valence-electron chi connectivity index (χ2n) is 5.92. The first-order valence-corrected chi connectivity index (χ1v) is 7.54. The van der Waals surface area contributed by atoms with Gasteiger partial charge in [-0.25, -0.2) is 0 Å². The molecule has 0 bridgehead atoms. The van der Waals surface area contributed by atoms with E-state index >= 15 is 0 Å². The molecule has 2 saturated heterocycles. The highest BCUT2D eigenvalue weighted by Gasteiger charge is 2.35. The second-order valence-corrected chi connectivity index (χ2v) is 5.92. The van der Waals surface area contributed by atoms with Crippen LogP contribution in [0.1, 0.15) is 24.5 Å². The number of piperidine rings is 1. The molecule has 4 heteroatoms. The van der Waals surface area contributed by atoms with Gasteiger partial charge in [0.1, 0.15) is 5.75 Å². The van der Waals surface area contributed by atoms with Gasteiger partial charge < -0.3 is 15.2 Å². The maximum atomic E-state index is 10.5. The molecule has 0 spiro atoms. The Morgan fingerprint density at radius 3 is 3.20 bits per heavy atom. The summed E-state index contributed by atoms with van der Waals surface area (Å²) >= 11 is 0. The van der Waals surface area contributed by atoms with Crippen molar-refractivity contribution in [3.8, 4) is 5.75 Å². The number of hydrogen-bond acceptors (Lipinski definition) is 4. The van der Waals surface area contributed by atoms with Crippen LogP contribution in [0, 0.1) is 5.92 Å². The number of aliphatic hydroxyl groups is 1. The lowest BCUT2D eigenvalue weighted by molar-refractivity contribution is 0.0569. The predicted octanol–water partition coefficient (Wildman–Crippen LogP) is 1.41. The Morgan fingerprint density at radius 2 is 2.35 bits per heavy atom. The molecule has 0 amide bonds. The first-order chi connectivity index (χ1) is 9.78. The van der Waals surface area contributed by atoms with Gasteiger partial charge in [-0.1, -0.05) is 12.1 Å². The van der Waals surface area contributed by atoms with Crippen molar-refractivity contribution >= 4 is 0 Å².